The minimum Gasteiger partial charge on any atom is -0.460 e. The largest absolute Gasteiger partial charge is 0.460 e. The van der Waals surface area contributed by atoms with Crippen molar-refractivity contribution in [3.63, 3.8) is 0 Å². The number of amides is 3. The number of carbonyl (C=O) groups is 2. The van der Waals surface area contributed by atoms with E-state index < -0.39 is 0 Å². The van der Waals surface area contributed by atoms with Crippen LogP contribution in [0.5, 0.6) is 6.01 Å². The Morgan fingerprint density at radius 3 is 2.32 bits per heavy atom. The molecular weight excluding hydrogens is 430 g/mol. The molecule has 0 radical (unpaired) electrons. The molecule has 3 amide bonds. The lowest BCUT2D eigenvalue weighted by atomic mass is 9.93. The molecule has 0 bridgehead atoms. The number of nitrogens with one attached hydrogen (secondary N) is 1. The number of carbonyl (C=O) groups excluding carboxylic acids is 2. The summed E-state index contributed by atoms with van der Waals surface area (Å²) in [7, 11) is 0. The Kier molecular flexibility index (Phi) is 7.34. The van der Waals surface area contributed by atoms with Gasteiger partial charge in [-0.05, 0) is 69.2 Å². The highest BCUT2D eigenvalue weighted by Crippen LogP contribution is 2.25. The van der Waals surface area contributed by atoms with Gasteiger partial charge in [-0.3, -0.25) is 9.69 Å². The van der Waals surface area contributed by atoms with Crippen molar-refractivity contribution in [3.05, 3.63) is 47.3 Å². The van der Waals surface area contributed by atoms with E-state index in [0.717, 1.165) is 42.8 Å². The number of anilines is 1. The van der Waals surface area contributed by atoms with E-state index in [9.17, 15) is 9.59 Å². The van der Waals surface area contributed by atoms with Gasteiger partial charge in [0.2, 0.25) is 5.91 Å². The van der Waals surface area contributed by atoms with Gasteiger partial charge in [-0.2, -0.15) is 0 Å². The van der Waals surface area contributed by atoms with Crippen molar-refractivity contribution in [2.24, 2.45) is 0 Å². The normalized spacial score (nSPS) is 20.7. The third-order valence-corrected chi connectivity index (χ3v) is 6.57. The van der Waals surface area contributed by atoms with Crippen LogP contribution in [-0.2, 0) is 4.79 Å². The topological polar surface area (TPSA) is 87.7 Å². The fraction of sp³-hybridized carbons (Fsp3) is 0.538. The first-order valence-corrected chi connectivity index (χ1v) is 12.2. The van der Waals surface area contributed by atoms with Crippen molar-refractivity contribution < 1.29 is 14.3 Å². The van der Waals surface area contributed by atoms with Crippen molar-refractivity contribution in [1.82, 2.24) is 20.2 Å². The Balaban J connectivity index is 1.22. The molecule has 0 unspecified atom stereocenters. The molecule has 8 heteroatoms. The highest BCUT2D eigenvalue weighted by molar-refractivity contribution is 5.96. The number of aryl methyl sites for hydroxylation is 2. The minimum absolute atomic E-state index is 0.0603. The first-order valence-electron chi connectivity index (χ1n) is 12.2. The quantitative estimate of drug-likeness (QED) is 0.669. The molecule has 8 nitrogen and oxygen atoms in total. The number of aromatic nitrogens is 2. The molecule has 2 fully saturated rings. The molecule has 2 heterocycles. The summed E-state index contributed by atoms with van der Waals surface area (Å²) in [6.45, 7) is 9.39. The zero-order valence-corrected chi connectivity index (χ0v) is 20.6. The van der Waals surface area contributed by atoms with Gasteiger partial charge in [0.15, 0.2) is 0 Å². The number of urea groups is 1. The smallest absolute Gasteiger partial charge is 0.325 e. The monoisotopic (exact) mass is 465 g/mol. The molecule has 1 saturated heterocycles. The Hall–Kier alpha value is -3.16. The van der Waals surface area contributed by atoms with E-state index >= 15 is 0 Å². The number of rotatable bonds is 7. The SMILES string of the molecule is Cc1cc(C)nc(OC2CCC(NC(=O)CN3CCN(c4ccc(C(C)C)cc4)C3=O)CC2)n1. The van der Waals surface area contributed by atoms with Gasteiger partial charge in [0.05, 0.1) is 0 Å². The molecule has 0 spiro atoms. The molecule has 1 aromatic heterocycles. The lowest BCUT2D eigenvalue weighted by molar-refractivity contribution is -0.122. The molecule has 0 atom stereocenters. The molecular formula is C26H35N5O3. The van der Waals surface area contributed by atoms with Crippen LogP contribution in [0.3, 0.4) is 0 Å². The van der Waals surface area contributed by atoms with Crippen molar-refractivity contribution in [3.8, 4) is 6.01 Å². The minimum atomic E-state index is -0.113. The molecule has 1 aromatic carbocycles. The van der Waals surface area contributed by atoms with Crippen LogP contribution in [0.15, 0.2) is 30.3 Å². The standard InChI is InChI=1S/C26H35N5O3/c1-17(2)20-5-9-22(10-6-20)31-14-13-30(26(31)33)16-24(32)29-21-7-11-23(12-8-21)34-25-27-18(3)15-19(4)28-25/h5-6,9-10,15,17,21,23H,7-8,11-14,16H2,1-4H3,(H,29,32). The Morgan fingerprint density at radius 1 is 1.06 bits per heavy atom. The van der Waals surface area contributed by atoms with Gasteiger partial charge in [0.1, 0.15) is 12.6 Å². The van der Waals surface area contributed by atoms with Crippen molar-refractivity contribution in [2.75, 3.05) is 24.5 Å². The summed E-state index contributed by atoms with van der Waals surface area (Å²) in [5.41, 5.74) is 3.91. The third-order valence-electron chi connectivity index (χ3n) is 6.57. The fourth-order valence-electron chi connectivity index (χ4n) is 4.68. The maximum atomic E-state index is 12.9. The van der Waals surface area contributed by atoms with Gasteiger partial charge in [-0.25, -0.2) is 14.8 Å². The predicted molar refractivity (Wildman–Crippen MR) is 131 cm³/mol. The molecule has 4 rings (SSSR count). The predicted octanol–water partition coefficient (Wildman–Crippen LogP) is 3.97. The number of benzene rings is 1. The first kappa shape index (κ1) is 24.0. The average Bonchev–Trinajstić information content (AvgIpc) is 3.14. The van der Waals surface area contributed by atoms with Gasteiger partial charge in [-0.15, -0.1) is 0 Å². The van der Waals surface area contributed by atoms with Gasteiger partial charge in [0, 0.05) is 36.2 Å². The van der Waals surface area contributed by atoms with Crippen LogP contribution in [0.25, 0.3) is 0 Å². The molecule has 2 aromatic rings. The summed E-state index contributed by atoms with van der Waals surface area (Å²) in [4.78, 5) is 37.6. The molecule has 1 N–H and O–H groups in total. The van der Waals surface area contributed by atoms with Crippen LogP contribution in [0.4, 0.5) is 10.5 Å². The second-order valence-electron chi connectivity index (χ2n) is 9.69. The third kappa shape index (κ3) is 5.85. The highest BCUT2D eigenvalue weighted by atomic mass is 16.5. The van der Waals surface area contributed by atoms with Gasteiger partial charge in [-0.1, -0.05) is 26.0 Å². The van der Waals surface area contributed by atoms with E-state index in [1.54, 1.807) is 9.80 Å². The van der Waals surface area contributed by atoms with Crippen molar-refractivity contribution in [1.29, 1.82) is 0 Å². The van der Waals surface area contributed by atoms with Crippen LogP contribution in [-0.4, -0.2) is 58.6 Å². The van der Waals surface area contributed by atoms with Crippen LogP contribution >= 0.6 is 0 Å². The Morgan fingerprint density at radius 2 is 1.71 bits per heavy atom. The summed E-state index contributed by atoms with van der Waals surface area (Å²) < 4.78 is 5.97. The van der Waals surface area contributed by atoms with E-state index in [2.05, 4.69) is 41.3 Å². The zero-order chi connectivity index (χ0) is 24.2. The molecule has 1 aliphatic heterocycles. The van der Waals surface area contributed by atoms with E-state index in [4.69, 9.17) is 4.74 Å². The Labute approximate surface area is 201 Å². The van der Waals surface area contributed by atoms with E-state index in [-0.39, 0.29) is 30.6 Å². The number of hydrogen-bond donors (Lipinski definition) is 1. The summed E-state index contributed by atoms with van der Waals surface area (Å²) in [5, 5.41) is 3.11. The lowest BCUT2D eigenvalue weighted by Crippen LogP contribution is -2.45. The molecule has 1 saturated carbocycles. The van der Waals surface area contributed by atoms with Crippen LogP contribution in [0.2, 0.25) is 0 Å². The summed E-state index contributed by atoms with van der Waals surface area (Å²) in [5.74, 6) is 0.345. The van der Waals surface area contributed by atoms with E-state index in [0.29, 0.717) is 25.0 Å². The second kappa shape index (κ2) is 10.4. The maximum absolute atomic E-state index is 12.9. The Bertz CT molecular complexity index is 995. The summed E-state index contributed by atoms with van der Waals surface area (Å²) >= 11 is 0. The van der Waals surface area contributed by atoms with Gasteiger partial charge >= 0.3 is 12.0 Å². The van der Waals surface area contributed by atoms with E-state index in [1.165, 1.54) is 5.56 Å². The van der Waals surface area contributed by atoms with E-state index in [1.807, 2.05) is 32.0 Å². The molecule has 34 heavy (non-hydrogen) atoms. The number of hydrogen-bond acceptors (Lipinski definition) is 5. The van der Waals surface area contributed by atoms with Crippen LogP contribution < -0.4 is 15.0 Å². The zero-order valence-electron chi connectivity index (χ0n) is 20.6. The van der Waals surface area contributed by atoms with Gasteiger partial charge in [0.25, 0.3) is 0 Å². The highest BCUT2D eigenvalue weighted by Gasteiger charge is 2.32. The first-order chi connectivity index (χ1) is 16.3. The fourth-order valence-corrected chi connectivity index (χ4v) is 4.68. The van der Waals surface area contributed by atoms with Gasteiger partial charge < -0.3 is 15.0 Å². The average molecular weight is 466 g/mol. The van der Waals surface area contributed by atoms with Crippen molar-refractivity contribution >= 4 is 17.6 Å². The van der Waals surface area contributed by atoms with Crippen LogP contribution in [0, 0.1) is 13.8 Å². The van der Waals surface area contributed by atoms with Crippen LogP contribution in [0.1, 0.15) is 62.4 Å². The summed E-state index contributed by atoms with van der Waals surface area (Å²) in [6.07, 6.45) is 3.41. The van der Waals surface area contributed by atoms with Crippen molar-refractivity contribution in [2.45, 2.75) is 71.4 Å². The molecule has 1 aliphatic carbocycles. The maximum Gasteiger partial charge on any atom is 0.325 e. The lowest BCUT2D eigenvalue weighted by Gasteiger charge is -2.29. The summed E-state index contributed by atoms with van der Waals surface area (Å²) in [6, 6.07) is 10.4. The number of nitrogens with zero attached hydrogens (tertiary/aromatic N) is 4. The second-order valence-corrected chi connectivity index (χ2v) is 9.69. The molecule has 182 valence electrons. The number of ether oxygens (including phenoxy) is 1. The molecule has 2 aliphatic rings.